The van der Waals surface area contributed by atoms with E-state index in [1.807, 2.05) is 26.8 Å². The van der Waals surface area contributed by atoms with E-state index >= 15 is 0 Å². The molecule has 0 aromatic heterocycles. The van der Waals surface area contributed by atoms with E-state index in [1.165, 1.54) is 12.8 Å². The largest absolute Gasteiger partial charge is 0.371 e. The predicted octanol–water partition coefficient (Wildman–Crippen LogP) is 2.38. The highest BCUT2D eigenvalue weighted by Gasteiger charge is 2.36. The molecule has 24 heavy (non-hydrogen) atoms. The van der Waals surface area contributed by atoms with E-state index in [2.05, 4.69) is 27.7 Å². The van der Waals surface area contributed by atoms with Gasteiger partial charge in [-0.3, -0.25) is 9.59 Å². The molecular formula is C19H27N3O2. The zero-order valence-electron chi connectivity index (χ0n) is 14.8. The number of aryl methyl sites for hydroxylation is 1. The topological polar surface area (TPSA) is 61.4 Å². The lowest BCUT2D eigenvalue weighted by Gasteiger charge is -2.39. The molecule has 2 N–H and O–H groups in total. The Morgan fingerprint density at radius 3 is 2.67 bits per heavy atom. The zero-order valence-corrected chi connectivity index (χ0v) is 14.8. The van der Waals surface area contributed by atoms with Crippen molar-refractivity contribution in [3.05, 3.63) is 29.3 Å². The molecule has 2 fully saturated rings. The van der Waals surface area contributed by atoms with E-state index < -0.39 is 5.54 Å². The van der Waals surface area contributed by atoms with Gasteiger partial charge in [-0.2, -0.15) is 0 Å². The van der Waals surface area contributed by atoms with E-state index in [1.54, 1.807) is 0 Å². The van der Waals surface area contributed by atoms with Crippen molar-refractivity contribution in [2.75, 3.05) is 18.0 Å². The normalized spacial score (nSPS) is 23.0. The highest BCUT2D eigenvalue weighted by molar-refractivity contribution is 6.00. The zero-order chi connectivity index (χ0) is 17.3. The SMILES string of the molecule is Cc1ccc(N2CCCC2)c(C(=O)NC2CCC(=O)NC2(C)C)c1. The molecule has 1 aromatic rings. The fourth-order valence-electron chi connectivity index (χ4n) is 3.70. The van der Waals surface area contributed by atoms with Crippen LogP contribution in [0.4, 0.5) is 5.69 Å². The quantitative estimate of drug-likeness (QED) is 0.895. The maximum absolute atomic E-state index is 13.0. The molecule has 2 amide bonds. The van der Waals surface area contributed by atoms with Gasteiger partial charge in [0.1, 0.15) is 0 Å². The summed E-state index contributed by atoms with van der Waals surface area (Å²) in [5.41, 5.74) is 2.42. The molecule has 5 heteroatoms. The average molecular weight is 329 g/mol. The first-order valence-corrected chi connectivity index (χ1v) is 8.84. The first-order valence-electron chi connectivity index (χ1n) is 8.84. The number of benzene rings is 1. The minimum atomic E-state index is -0.428. The second kappa shape index (κ2) is 6.46. The van der Waals surface area contributed by atoms with Crippen LogP contribution < -0.4 is 15.5 Å². The Kier molecular flexibility index (Phi) is 4.52. The Morgan fingerprint density at radius 1 is 1.29 bits per heavy atom. The van der Waals surface area contributed by atoms with Gasteiger partial charge < -0.3 is 15.5 Å². The standard InChI is InChI=1S/C19H27N3O2/c1-13-6-7-15(22-10-4-5-11-22)14(12-13)18(24)20-16-8-9-17(23)21-19(16,2)3/h6-7,12,16H,4-5,8-11H2,1-3H3,(H,20,24)(H,21,23). The van der Waals surface area contributed by atoms with Crippen LogP contribution in [-0.2, 0) is 4.79 Å². The summed E-state index contributed by atoms with van der Waals surface area (Å²) in [5, 5.41) is 6.14. The molecule has 1 unspecified atom stereocenters. The number of anilines is 1. The van der Waals surface area contributed by atoms with Gasteiger partial charge in [-0.05, 0) is 52.2 Å². The van der Waals surface area contributed by atoms with Crippen LogP contribution in [-0.4, -0.2) is 36.5 Å². The summed E-state index contributed by atoms with van der Waals surface area (Å²) in [7, 11) is 0. The number of rotatable bonds is 3. The van der Waals surface area contributed by atoms with Crippen LogP contribution in [0.1, 0.15) is 55.5 Å². The summed E-state index contributed by atoms with van der Waals surface area (Å²) in [6, 6.07) is 6.03. The summed E-state index contributed by atoms with van der Waals surface area (Å²) in [6.07, 6.45) is 3.49. The fourth-order valence-corrected chi connectivity index (χ4v) is 3.70. The molecule has 0 aliphatic carbocycles. The lowest BCUT2D eigenvalue weighted by atomic mass is 9.86. The molecule has 0 radical (unpaired) electrons. The first-order chi connectivity index (χ1) is 11.4. The molecule has 2 aliphatic heterocycles. The molecule has 1 aromatic carbocycles. The number of hydrogen-bond acceptors (Lipinski definition) is 3. The molecule has 0 spiro atoms. The minimum absolute atomic E-state index is 0.0465. The van der Waals surface area contributed by atoms with Gasteiger partial charge in [0.2, 0.25) is 5.91 Å². The maximum atomic E-state index is 13.0. The summed E-state index contributed by atoms with van der Waals surface area (Å²) in [6.45, 7) is 7.96. The Hall–Kier alpha value is -2.04. The number of carbonyl (C=O) groups is 2. The van der Waals surface area contributed by atoms with Crippen LogP contribution in [0.25, 0.3) is 0 Å². The Morgan fingerprint density at radius 2 is 2.00 bits per heavy atom. The number of piperidine rings is 1. The monoisotopic (exact) mass is 329 g/mol. The number of nitrogens with zero attached hydrogens (tertiary/aromatic N) is 1. The molecule has 2 heterocycles. The van der Waals surface area contributed by atoms with Crippen molar-refractivity contribution in [3.8, 4) is 0 Å². The molecule has 1 atom stereocenters. The second-order valence-electron chi connectivity index (χ2n) is 7.55. The second-order valence-corrected chi connectivity index (χ2v) is 7.55. The third kappa shape index (κ3) is 3.40. The minimum Gasteiger partial charge on any atom is -0.371 e. The molecular weight excluding hydrogens is 302 g/mol. The lowest BCUT2D eigenvalue weighted by Crippen LogP contribution is -2.62. The van der Waals surface area contributed by atoms with Crippen molar-refractivity contribution in [1.82, 2.24) is 10.6 Å². The van der Waals surface area contributed by atoms with Crippen LogP contribution in [0.3, 0.4) is 0 Å². The van der Waals surface area contributed by atoms with Gasteiger partial charge in [0.15, 0.2) is 0 Å². The number of hydrogen-bond donors (Lipinski definition) is 2. The average Bonchev–Trinajstić information content (AvgIpc) is 3.03. The number of amides is 2. The van der Waals surface area contributed by atoms with Gasteiger partial charge in [-0.15, -0.1) is 0 Å². The third-order valence-corrected chi connectivity index (χ3v) is 5.14. The van der Waals surface area contributed by atoms with Gasteiger partial charge in [0.25, 0.3) is 5.91 Å². The summed E-state index contributed by atoms with van der Waals surface area (Å²) in [4.78, 5) is 26.9. The van der Waals surface area contributed by atoms with Crippen LogP contribution in [0.15, 0.2) is 18.2 Å². The van der Waals surface area contributed by atoms with Crippen molar-refractivity contribution in [1.29, 1.82) is 0 Å². The highest BCUT2D eigenvalue weighted by Crippen LogP contribution is 2.27. The first kappa shape index (κ1) is 16.8. The lowest BCUT2D eigenvalue weighted by molar-refractivity contribution is -0.125. The Balaban J connectivity index is 1.82. The molecule has 5 nitrogen and oxygen atoms in total. The summed E-state index contributed by atoms with van der Waals surface area (Å²) in [5.74, 6) is 0.00799. The van der Waals surface area contributed by atoms with Crippen molar-refractivity contribution < 1.29 is 9.59 Å². The smallest absolute Gasteiger partial charge is 0.253 e. The van der Waals surface area contributed by atoms with E-state index in [9.17, 15) is 9.59 Å². The molecule has 3 rings (SSSR count). The van der Waals surface area contributed by atoms with E-state index in [-0.39, 0.29) is 17.9 Å². The molecule has 0 saturated carbocycles. The van der Waals surface area contributed by atoms with Gasteiger partial charge in [-0.25, -0.2) is 0 Å². The van der Waals surface area contributed by atoms with E-state index in [4.69, 9.17) is 0 Å². The number of carbonyl (C=O) groups excluding carboxylic acids is 2. The van der Waals surface area contributed by atoms with Crippen molar-refractivity contribution >= 4 is 17.5 Å². The predicted molar refractivity (Wildman–Crippen MR) is 95.3 cm³/mol. The fraction of sp³-hybridized carbons (Fsp3) is 0.579. The van der Waals surface area contributed by atoms with Crippen LogP contribution in [0.2, 0.25) is 0 Å². The van der Waals surface area contributed by atoms with Gasteiger partial charge in [0, 0.05) is 25.2 Å². The maximum Gasteiger partial charge on any atom is 0.253 e. The molecule has 0 bridgehead atoms. The van der Waals surface area contributed by atoms with Crippen molar-refractivity contribution in [3.63, 3.8) is 0 Å². The van der Waals surface area contributed by atoms with E-state index in [0.717, 1.165) is 29.9 Å². The Bertz CT molecular complexity index is 648. The third-order valence-electron chi connectivity index (χ3n) is 5.14. The molecule has 2 aliphatic rings. The van der Waals surface area contributed by atoms with Gasteiger partial charge in [0.05, 0.1) is 17.1 Å². The number of nitrogens with one attached hydrogen (secondary N) is 2. The van der Waals surface area contributed by atoms with Crippen LogP contribution in [0, 0.1) is 6.92 Å². The van der Waals surface area contributed by atoms with Gasteiger partial charge >= 0.3 is 0 Å². The molecule has 2 saturated heterocycles. The summed E-state index contributed by atoms with van der Waals surface area (Å²) < 4.78 is 0. The van der Waals surface area contributed by atoms with E-state index in [0.29, 0.717) is 12.8 Å². The summed E-state index contributed by atoms with van der Waals surface area (Å²) >= 11 is 0. The molecule has 130 valence electrons. The van der Waals surface area contributed by atoms with Crippen molar-refractivity contribution in [2.24, 2.45) is 0 Å². The van der Waals surface area contributed by atoms with Crippen LogP contribution >= 0.6 is 0 Å². The Labute approximate surface area is 143 Å². The van der Waals surface area contributed by atoms with Gasteiger partial charge in [-0.1, -0.05) is 11.6 Å². The van der Waals surface area contributed by atoms with Crippen LogP contribution in [0.5, 0.6) is 0 Å². The van der Waals surface area contributed by atoms with Crippen molar-refractivity contribution in [2.45, 2.75) is 58.0 Å². The highest BCUT2D eigenvalue weighted by atomic mass is 16.2.